The van der Waals surface area contributed by atoms with Gasteiger partial charge in [-0.3, -0.25) is 4.79 Å². The molecule has 0 aliphatic carbocycles. The van der Waals surface area contributed by atoms with Crippen LogP contribution >= 0.6 is 0 Å². The van der Waals surface area contributed by atoms with Crippen LogP contribution < -0.4 is 10.6 Å². The summed E-state index contributed by atoms with van der Waals surface area (Å²) in [5, 5.41) is 3.15. The normalized spacial score (nSPS) is 10.2. The Morgan fingerprint density at radius 3 is 2.54 bits per heavy atom. The molecule has 0 aromatic heterocycles. The van der Waals surface area contributed by atoms with E-state index in [0.29, 0.717) is 11.3 Å². The maximum atomic E-state index is 11.2. The van der Waals surface area contributed by atoms with Crippen LogP contribution in [0.1, 0.15) is 10.4 Å². The Hall–Kier alpha value is -1.84. The van der Waals surface area contributed by atoms with Gasteiger partial charge in [0.2, 0.25) is 5.78 Å². The molecule has 0 bridgehead atoms. The van der Waals surface area contributed by atoms with Gasteiger partial charge in [-0.1, -0.05) is 0 Å². The third-order valence-electron chi connectivity index (χ3n) is 1.57. The first-order valence-electron chi connectivity index (χ1n) is 3.69. The number of nitrogens with two attached hydrogens (primary N) is 1. The monoisotopic (exact) mass is 178 g/mol. The van der Waals surface area contributed by atoms with Gasteiger partial charge in [0.25, 0.3) is 0 Å². The lowest BCUT2D eigenvalue weighted by Gasteiger charge is -1.99. The van der Waals surface area contributed by atoms with Gasteiger partial charge in [-0.15, -0.1) is 0 Å². The minimum atomic E-state index is -0.217. The molecule has 2 N–H and O–H groups in total. The Balaban J connectivity index is 2.85. The van der Waals surface area contributed by atoms with E-state index in [-0.39, 0.29) is 5.78 Å². The molecule has 4 nitrogen and oxygen atoms in total. The predicted octanol–water partition coefficient (Wildman–Crippen LogP) is 0.822. The average Bonchev–Trinajstić information content (AvgIpc) is 2.18. The maximum Gasteiger partial charge on any atom is 0.205 e. The SMILES string of the molecule is COc1ccc(C(=O)/C=N/N)cc1. The number of methoxy groups -OCH3 is 1. The van der Waals surface area contributed by atoms with E-state index < -0.39 is 0 Å². The Bertz CT molecular complexity index is 317. The van der Waals surface area contributed by atoms with Crippen LogP contribution in [-0.2, 0) is 0 Å². The molecule has 0 saturated heterocycles. The summed E-state index contributed by atoms with van der Waals surface area (Å²) in [6.07, 6.45) is 1.07. The fraction of sp³-hybridized carbons (Fsp3) is 0.111. The number of hydrogen-bond acceptors (Lipinski definition) is 4. The molecule has 0 amide bonds. The number of ketones is 1. The van der Waals surface area contributed by atoms with Crippen LogP contribution in [-0.4, -0.2) is 19.1 Å². The lowest BCUT2D eigenvalue weighted by molar-refractivity contribution is 0.107. The van der Waals surface area contributed by atoms with E-state index in [9.17, 15) is 4.79 Å². The number of rotatable bonds is 3. The fourth-order valence-corrected chi connectivity index (χ4v) is 0.898. The molecule has 0 fully saturated rings. The van der Waals surface area contributed by atoms with Crippen molar-refractivity contribution in [1.29, 1.82) is 0 Å². The second-order valence-electron chi connectivity index (χ2n) is 2.37. The Kier molecular flexibility index (Phi) is 3.03. The van der Waals surface area contributed by atoms with Crippen molar-refractivity contribution in [1.82, 2.24) is 0 Å². The van der Waals surface area contributed by atoms with Crippen LogP contribution in [0.2, 0.25) is 0 Å². The molecule has 0 atom stereocenters. The van der Waals surface area contributed by atoms with Crippen molar-refractivity contribution >= 4 is 12.0 Å². The Labute approximate surface area is 76.0 Å². The second-order valence-corrected chi connectivity index (χ2v) is 2.37. The van der Waals surface area contributed by atoms with Gasteiger partial charge in [-0.25, -0.2) is 0 Å². The molecule has 4 heteroatoms. The first kappa shape index (κ1) is 9.25. The highest BCUT2D eigenvalue weighted by Gasteiger charge is 2.01. The molecular formula is C9H10N2O2. The maximum absolute atomic E-state index is 11.2. The molecule has 0 spiro atoms. The van der Waals surface area contributed by atoms with Gasteiger partial charge in [0.1, 0.15) is 5.75 Å². The van der Waals surface area contributed by atoms with Crippen LogP contribution in [0.15, 0.2) is 29.4 Å². The van der Waals surface area contributed by atoms with E-state index in [0.717, 1.165) is 6.21 Å². The minimum Gasteiger partial charge on any atom is -0.497 e. The highest BCUT2D eigenvalue weighted by atomic mass is 16.5. The first-order chi connectivity index (χ1) is 6.27. The number of carbonyl (C=O) groups excluding carboxylic acids is 1. The van der Waals surface area contributed by atoms with Crippen molar-refractivity contribution in [2.24, 2.45) is 10.9 Å². The first-order valence-corrected chi connectivity index (χ1v) is 3.69. The van der Waals surface area contributed by atoms with Gasteiger partial charge in [-0.2, -0.15) is 5.10 Å². The van der Waals surface area contributed by atoms with Crippen molar-refractivity contribution in [2.45, 2.75) is 0 Å². The van der Waals surface area contributed by atoms with Gasteiger partial charge in [-0.05, 0) is 24.3 Å². The third kappa shape index (κ3) is 2.30. The van der Waals surface area contributed by atoms with Crippen molar-refractivity contribution in [3.8, 4) is 5.75 Å². The molecule has 1 rings (SSSR count). The fourth-order valence-electron chi connectivity index (χ4n) is 0.898. The van der Waals surface area contributed by atoms with Gasteiger partial charge in [0.15, 0.2) is 0 Å². The minimum absolute atomic E-state index is 0.217. The van der Waals surface area contributed by atoms with Gasteiger partial charge in [0, 0.05) is 5.56 Å². The van der Waals surface area contributed by atoms with E-state index in [1.165, 1.54) is 0 Å². The molecule has 68 valence electrons. The summed E-state index contributed by atoms with van der Waals surface area (Å²) < 4.78 is 4.94. The number of ether oxygens (including phenoxy) is 1. The number of hydrogen-bond donors (Lipinski definition) is 1. The standard InChI is InChI=1S/C9H10N2O2/c1-13-8-4-2-7(3-5-8)9(12)6-11-10/h2-6H,10H2,1H3/b11-6+. The van der Waals surface area contributed by atoms with E-state index in [4.69, 9.17) is 10.6 Å². The van der Waals surface area contributed by atoms with Crippen LogP contribution in [0.3, 0.4) is 0 Å². The van der Waals surface area contributed by atoms with Gasteiger partial charge < -0.3 is 10.6 Å². The Morgan fingerprint density at radius 1 is 1.46 bits per heavy atom. The van der Waals surface area contributed by atoms with Gasteiger partial charge in [0.05, 0.1) is 13.3 Å². The number of nitrogens with zero attached hydrogens (tertiary/aromatic N) is 1. The van der Waals surface area contributed by atoms with E-state index in [2.05, 4.69) is 5.10 Å². The summed E-state index contributed by atoms with van der Waals surface area (Å²) in [6.45, 7) is 0. The molecule has 0 aliphatic heterocycles. The summed E-state index contributed by atoms with van der Waals surface area (Å²) in [4.78, 5) is 11.2. The molecule has 0 saturated carbocycles. The molecule has 13 heavy (non-hydrogen) atoms. The quantitative estimate of drug-likeness (QED) is 0.322. The van der Waals surface area contributed by atoms with Crippen molar-refractivity contribution in [3.05, 3.63) is 29.8 Å². The smallest absolute Gasteiger partial charge is 0.205 e. The van der Waals surface area contributed by atoms with Crippen LogP contribution in [0.4, 0.5) is 0 Å². The summed E-state index contributed by atoms with van der Waals surface area (Å²) in [7, 11) is 1.57. The highest BCUT2D eigenvalue weighted by molar-refractivity contribution is 6.35. The zero-order chi connectivity index (χ0) is 9.68. The third-order valence-corrected chi connectivity index (χ3v) is 1.57. The molecule has 1 aromatic rings. The second kappa shape index (κ2) is 4.25. The average molecular weight is 178 g/mol. The molecule has 0 unspecified atom stereocenters. The molecule has 0 heterocycles. The summed E-state index contributed by atoms with van der Waals surface area (Å²) >= 11 is 0. The van der Waals surface area contributed by atoms with Crippen molar-refractivity contribution < 1.29 is 9.53 Å². The molecule has 1 aromatic carbocycles. The predicted molar refractivity (Wildman–Crippen MR) is 50.0 cm³/mol. The largest absolute Gasteiger partial charge is 0.497 e. The van der Waals surface area contributed by atoms with E-state index >= 15 is 0 Å². The summed E-state index contributed by atoms with van der Waals surface area (Å²) in [5.74, 6) is 5.34. The van der Waals surface area contributed by atoms with Crippen molar-refractivity contribution in [3.63, 3.8) is 0 Å². The Morgan fingerprint density at radius 2 is 2.08 bits per heavy atom. The van der Waals surface area contributed by atoms with Crippen LogP contribution in [0.5, 0.6) is 5.75 Å². The summed E-state index contributed by atoms with van der Waals surface area (Å²) in [6, 6.07) is 6.72. The van der Waals surface area contributed by atoms with E-state index in [1.54, 1.807) is 31.4 Å². The number of carbonyl (C=O) groups is 1. The molecule has 0 aliphatic rings. The van der Waals surface area contributed by atoms with E-state index in [1.807, 2.05) is 0 Å². The molecule has 0 radical (unpaired) electrons. The lowest BCUT2D eigenvalue weighted by Crippen LogP contribution is -2.01. The lowest BCUT2D eigenvalue weighted by atomic mass is 10.1. The number of hydrazone groups is 1. The topological polar surface area (TPSA) is 64.7 Å². The highest BCUT2D eigenvalue weighted by Crippen LogP contribution is 2.10. The van der Waals surface area contributed by atoms with Gasteiger partial charge >= 0.3 is 0 Å². The van der Waals surface area contributed by atoms with Crippen LogP contribution in [0, 0.1) is 0 Å². The molecular weight excluding hydrogens is 168 g/mol. The number of Topliss-reactive ketones (excluding diaryl/α,β-unsaturated/α-hetero) is 1. The number of benzene rings is 1. The zero-order valence-corrected chi connectivity index (χ0v) is 7.23. The zero-order valence-electron chi connectivity index (χ0n) is 7.23. The van der Waals surface area contributed by atoms with Crippen molar-refractivity contribution in [2.75, 3.05) is 7.11 Å². The van der Waals surface area contributed by atoms with Crippen LogP contribution in [0.25, 0.3) is 0 Å². The summed E-state index contributed by atoms with van der Waals surface area (Å²) in [5.41, 5.74) is 0.537.